The molecule has 0 atom stereocenters. The molecule has 4 heteroatoms. The van der Waals surface area contributed by atoms with Gasteiger partial charge in [-0.15, -0.1) is 0 Å². The number of Topliss-reactive ketones (excluding diaryl/α,β-unsaturated/α-hetero) is 1. The first kappa shape index (κ1) is 15.4. The Labute approximate surface area is 130 Å². The molecule has 0 saturated heterocycles. The van der Waals surface area contributed by atoms with E-state index in [-0.39, 0.29) is 5.78 Å². The van der Waals surface area contributed by atoms with Crippen LogP contribution in [0.2, 0.25) is 5.02 Å². The summed E-state index contributed by atoms with van der Waals surface area (Å²) in [5.74, 6) is 0.569. The van der Waals surface area contributed by atoms with Gasteiger partial charge in [0.15, 0.2) is 5.78 Å². The van der Waals surface area contributed by atoms with E-state index in [2.05, 4.69) is 0 Å². The van der Waals surface area contributed by atoms with Crippen LogP contribution < -0.4 is 9.64 Å². The van der Waals surface area contributed by atoms with Gasteiger partial charge in [0.05, 0.1) is 18.4 Å². The number of carbonyl (C=O) groups excluding carboxylic acids is 1. The molecule has 0 radical (unpaired) electrons. The highest BCUT2D eigenvalue weighted by molar-refractivity contribution is 6.31. The minimum atomic E-state index is -0.0199. The number of methoxy groups -OCH3 is 1. The Balaban J connectivity index is 2.37. The van der Waals surface area contributed by atoms with Crippen LogP contribution in [-0.4, -0.2) is 19.9 Å². The molecule has 3 nitrogen and oxygen atoms in total. The van der Waals surface area contributed by atoms with Crippen molar-refractivity contribution in [1.82, 2.24) is 0 Å². The van der Waals surface area contributed by atoms with Crippen LogP contribution in [-0.2, 0) is 6.54 Å². The molecule has 0 unspecified atom stereocenters. The van der Waals surface area contributed by atoms with Crippen molar-refractivity contribution in [2.24, 2.45) is 0 Å². The molecule has 2 aromatic carbocycles. The number of carbonyl (C=O) groups is 1. The third-order valence-corrected chi connectivity index (χ3v) is 3.72. The fraction of sp³-hybridized carbons (Fsp3) is 0.235. The van der Waals surface area contributed by atoms with Gasteiger partial charge in [-0.1, -0.05) is 35.9 Å². The molecule has 2 aromatic rings. The predicted molar refractivity (Wildman–Crippen MR) is 86.6 cm³/mol. The summed E-state index contributed by atoms with van der Waals surface area (Å²) < 4.78 is 5.30. The van der Waals surface area contributed by atoms with Crippen LogP contribution in [0.3, 0.4) is 0 Å². The lowest BCUT2D eigenvalue weighted by molar-refractivity contribution is 0.101. The van der Waals surface area contributed by atoms with Crippen molar-refractivity contribution in [3.8, 4) is 5.75 Å². The largest absolute Gasteiger partial charge is 0.496 e. The molecular formula is C17H18ClNO2. The maximum Gasteiger partial charge on any atom is 0.165 e. The van der Waals surface area contributed by atoms with E-state index >= 15 is 0 Å². The second-order valence-corrected chi connectivity index (χ2v) is 5.27. The van der Waals surface area contributed by atoms with Crippen LogP contribution in [0.15, 0.2) is 42.5 Å². The number of halogens is 1. The van der Waals surface area contributed by atoms with Gasteiger partial charge in [0.2, 0.25) is 0 Å². The predicted octanol–water partition coefficient (Wildman–Crippen LogP) is 4.19. The molecule has 0 spiro atoms. The standard InChI is InChI=1S/C17H18ClNO2/c1-12(20)17-15(9-6-10-16(17)21-3)19(2)11-13-7-4-5-8-14(13)18/h4-10H,11H2,1-3H3. The molecule has 0 amide bonds. The van der Waals surface area contributed by atoms with Gasteiger partial charge in [-0.05, 0) is 30.7 Å². The molecule has 2 rings (SSSR count). The Kier molecular flexibility index (Phi) is 4.86. The summed E-state index contributed by atoms with van der Waals surface area (Å²) in [5, 5.41) is 0.719. The van der Waals surface area contributed by atoms with Gasteiger partial charge in [0, 0.05) is 18.6 Å². The Bertz CT molecular complexity index is 655. The Morgan fingerprint density at radius 2 is 1.90 bits per heavy atom. The topological polar surface area (TPSA) is 29.5 Å². The lowest BCUT2D eigenvalue weighted by Gasteiger charge is -2.23. The molecule has 0 saturated carbocycles. The van der Waals surface area contributed by atoms with Crippen molar-refractivity contribution in [3.05, 3.63) is 58.6 Å². The van der Waals surface area contributed by atoms with Crippen LogP contribution in [0.4, 0.5) is 5.69 Å². The van der Waals surface area contributed by atoms with Gasteiger partial charge in [-0.25, -0.2) is 0 Å². The molecule has 0 fully saturated rings. The zero-order valence-electron chi connectivity index (χ0n) is 12.4. The normalized spacial score (nSPS) is 10.3. The van der Waals surface area contributed by atoms with Gasteiger partial charge in [-0.3, -0.25) is 4.79 Å². The molecule has 110 valence electrons. The second-order valence-electron chi connectivity index (χ2n) is 4.86. The second kappa shape index (κ2) is 6.64. The average Bonchev–Trinajstić information content (AvgIpc) is 2.48. The van der Waals surface area contributed by atoms with Gasteiger partial charge < -0.3 is 9.64 Å². The van der Waals surface area contributed by atoms with E-state index < -0.39 is 0 Å². The molecule has 0 heterocycles. The molecule has 0 aliphatic carbocycles. The van der Waals surface area contributed by atoms with Crippen LogP contribution >= 0.6 is 11.6 Å². The van der Waals surface area contributed by atoms with Crippen LogP contribution in [0.5, 0.6) is 5.75 Å². The van der Waals surface area contributed by atoms with Crippen LogP contribution in [0, 0.1) is 0 Å². The summed E-state index contributed by atoms with van der Waals surface area (Å²) in [6, 6.07) is 13.3. The number of hydrogen-bond acceptors (Lipinski definition) is 3. The minimum Gasteiger partial charge on any atom is -0.496 e. The van der Waals surface area contributed by atoms with Gasteiger partial charge in [-0.2, -0.15) is 0 Å². The van der Waals surface area contributed by atoms with Crippen molar-refractivity contribution in [3.63, 3.8) is 0 Å². The Morgan fingerprint density at radius 1 is 1.19 bits per heavy atom. The van der Waals surface area contributed by atoms with Gasteiger partial charge in [0.25, 0.3) is 0 Å². The molecular weight excluding hydrogens is 286 g/mol. The number of anilines is 1. The van der Waals surface area contributed by atoms with E-state index in [0.717, 1.165) is 16.3 Å². The van der Waals surface area contributed by atoms with Gasteiger partial charge in [0.1, 0.15) is 5.75 Å². The van der Waals surface area contributed by atoms with Crippen LogP contribution in [0.1, 0.15) is 22.8 Å². The summed E-state index contributed by atoms with van der Waals surface area (Å²) in [6.45, 7) is 2.16. The maximum atomic E-state index is 11.9. The number of ether oxygens (including phenoxy) is 1. The average molecular weight is 304 g/mol. The lowest BCUT2D eigenvalue weighted by Crippen LogP contribution is -2.19. The van der Waals surface area contributed by atoms with Crippen molar-refractivity contribution >= 4 is 23.1 Å². The first-order valence-corrected chi connectivity index (χ1v) is 7.05. The number of rotatable bonds is 5. The SMILES string of the molecule is COc1cccc(N(C)Cc2ccccc2Cl)c1C(C)=O. The summed E-state index contributed by atoms with van der Waals surface area (Å²) in [7, 11) is 3.50. The molecule has 0 aliphatic rings. The zero-order valence-corrected chi connectivity index (χ0v) is 13.1. The quantitative estimate of drug-likeness (QED) is 0.776. The third kappa shape index (κ3) is 3.37. The van der Waals surface area contributed by atoms with Crippen molar-refractivity contribution in [2.75, 3.05) is 19.1 Å². The van der Waals surface area contributed by atoms with Crippen LogP contribution in [0.25, 0.3) is 0 Å². The summed E-state index contributed by atoms with van der Waals surface area (Å²) in [5.41, 5.74) is 2.44. The molecule has 0 aliphatic heterocycles. The highest BCUT2D eigenvalue weighted by atomic mass is 35.5. The van der Waals surface area contributed by atoms with E-state index in [1.165, 1.54) is 0 Å². The fourth-order valence-electron chi connectivity index (χ4n) is 2.33. The maximum absolute atomic E-state index is 11.9. The van der Waals surface area contributed by atoms with Crippen molar-refractivity contribution < 1.29 is 9.53 Å². The zero-order chi connectivity index (χ0) is 15.4. The minimum absolute atomic E-state index is 0.0199. The lowest BCUT2D eigenvalue weighted by atomic mass is 10.1. The fourth-order valence-corrected chi connectivity index (χ4v) is 2.52. The van der Waals surface area contributed by atoms with Gasteiger partial charge >= 0.3 is 0 Å². The number of hydrogen-bond donors (Lipinski definition) is 0. The van der Waals surface area contributed by atoms with E-state index in [4.69, 9.17) is 16.3 Å². The van der Waals surface area contributed by atoms with Crippen molar-refractivity contribution in [2.45, 2.75) is 13.5 Å². The molecule has 21 heavy (non-hydrogen) atoms. The highest BCUT2D eigenvalue weighted by Gasteiger charge is 2.17. The first-order chi connectivity index (χ1) is 10.0. The summed E-state index contributed by atoms with van der Waals surface area (Å²) in [6.07, 6.45) is 0. The summed E-state index contributed by atoms with van der Waals surface area (Å²) in [4.78, 5) is 13.9. The van der Waals surface area contributed by atoms with E-state index in [1.54, 1.807) is 20.1 Å². The van der Waals surface area contributed by atoms with E-state index in [0.29, 0.717) is 17.9 Å². The highest BCUT2D eigenvalue weighted by Crippen LogP contribution is 2.30. The van der Waals surface area contributed by atoms with E-state index in [9.17, 15) is 4.79 Å². The monoisotopic (exact) mass is 303 g/mol. The number of nitrogens with zero attached hydrogens (tertiary/aromatic N) is 1. The number of benzene rings is 2. The first-order valence-electron chi connectivity index (χ1n) is 6.67. The smallest absolute Gasteiger partial charge is 0.165 e. The van der Waals surface area contributed by atoms with E-state index in [1.807, 2.05) is 48.3 Å². The molecule has 0 aromatic heterocycles. The Morgan fingerprint density at radius 3 is 2.52 bits per heavy atom. The summed E-state index contributed by atoms with van der Waals surface area (Å²) >= 11 is 6.20. The number of ketones is 1. The molecule has 0 bridgehead atoms. The Hall–Kier alpha value is -2.00. The van der Waals surface area contributed by atoms with Crippen molar-refractivity contribution in [1.29, 1.82) is 0 Å². The molecule has 0 N–H and O–H groups in total. The third-order valence-electron chi connectivity index (χ3n) is 3.35.